The molecule has 0 aromatic heterocycles. The van der Waals surface area contributed by atoms with Gasteiger partial charge < -0.3 is 19.5 Å². The molecule has 0 aliphatic heterocycles. The summed E-state index contributed by atoms with van der Waals surface area (Å²) in [7, 11) is 2.96. The van der Waals surface area contributed by atoms with E-state index in [1.807, 2.05) is 0 Å². The average molecular weight is 419 g/mol. The van der Waals surface area contributed by atoms with Crippen molar-refractivity contribution < 1.29 is 23.8 Å². The molecule has 0 saturated heterocycles. The summed E-state index contributed by atoms with van der Waals surface area (Å²) in [6.45, 7) is -0.548. The molecule has 138 valence electrons. The molecule has 0 bridgehead atoms. The summed E-state index contributed by atoms with van der Waals surface area (Å²) in [5.74, 6) is -0.475. The first kappa shape index (κ1) is 20.2. The largest absolute Gasteiger partial charge is 0.497 e. The Hall–Kier alpha value is -2.15. The molecule has 26 heavy (non-hydrogen) atoms. The van der Waals surface area contributed by atoms with Crippen molar-refractivity contribution in [1.29, 1.82) is 0 Å². The van der Waals surface area contributed by atoms with E-state index >= 15 is 0 Å². The molecule has 0 spiro atoms. The molecule has 0 aliphatic carbocycles. The van der Waals surface area contributed by atoms with Crippen LogP contribution >= 0.6 is 34.8 Å². The second-order valence-electron chi connectivity index (χ2n) is 4.91. The van der Waals surface area contributed by atoms with Crippen molar-refractivity contribution in [2.45, 2.75) is 0 Å². The highest BCUT2D eigenvalue weighted by atomic mass is 35.5. The van der Waals surface area contributed by atoms with E-state index in [1.165, 1.54) is 26.4 Å². The van der Waals surface area contributed by atoms with Crippen LogP contribution in [0.1, 0.15) is 10.4 Å². The van der Waals surface area contributed by atoms with Gasteiger partial charge in [-0.15, -0.1) is 0 Å². The Morgan fingerprint density at radius 3 is 2.35 bits per heavy atom. The van der Waals surface area contributed by atoms with Crippen LogP contribution in [-0.4, -0.2) is 32.7 Å². The normalized spacial score (nSPS) is 10.2. The molecule has 2 aromatic rings. The number of anilines is 1. The molecule has 0 fully saturated rings. The highest BCUT2D eigenvalue weighted by Crippen LogP contribution is 2.32. The molecule has 0 unspecified atom stereocenters. The van der Waals surface area contributed by atoms with Gasteiger partial charge in [-0.2, -0.15) is 0 Å². The molecule has 9 heteroatoms. The number of methoxy groups -OCH3 is 2. The number of hydrogen-bond acceptors (Lipinski definition) is 5. The van der Waals surface area contributed by atoms with Crippen LogP contribution in [0, 0.1) is 0 Å². The van der Waals surface area contributed by atoms with Crippen molar-refractivity contribution in [3.8, 4) is 11.5 Å². The van der Waals surface area contributed by atoms with Gasteiger partial charge in [0.25, 0.3) is 5.91 Å². The summed E-state index contributed by atoms with van der Waals surface area (Å²) in [4.78, 5) is 24.2. The van der Waals surface area contributed by atoms with E-state index < -0.39 is 18.5 Å². The fraction of sp³-hybridized carbons (Fsp3) is 0.176. The number of rotatable bonds is 6. The van der Waals surface area contributed by atoms with Gasteiger partial charge in [0.1, 0.15) is 11.5 Å². The Balaban J connectivity index is 2.04. The standard InChI is InChI=1S/C17H14Cl3NO5/c1-24-9-3-6-12(13(7-9)25-2)21-14(22)8-26-17(23)15-10(18)4-5-11(19)16(15)20/h3-7H,8H2,1-2H3,(H,21,22). The lowest BCUT2D eigenvalue weighted by atomic mass is 10.2. The number of ether oxygens (including phenoxy) is 3. The summed E-state index contributed by atoms with van der Waals surface area (Å²) >= 11 is 17.8. The van der Waals surface area contributed by atoms with E-state index in [2.05, 4.69) is 5.32 Å². The van der Waals surface area contributed by atoms with E-state index in [9.17, 15) is 9.59 Å². The SMILES string of the molecule is COc1ccc(NC(=O)COC(=O)c2c(Cl)ccc(Cl)c2Cl)c(OC)c1. The van der Waals surface area contributed by atoms with Crippen LogP contribution in [-0.2, 0) is 9.53 Å². The number of benzene rings is 2. The van der Waals surface area contributed by atoms with Gasteiger partial charge in [0.05, 0.1) is 40.5 Å². The zero-order valence-corrected chi connectivity index (χ0v) is 16.0. The number of carbonyl (C=O) groups excluding carboxylic acids is 2. The highest BCUT2D eigenvalue weighted by molar-refractivity contribution is 6.46. The molecule has 1 N–H and O–H groups in total. The topological polar surface area (TPSA) is 73.9 Å². The van der Waals surface area contributed by atoms with Gasteiger partial charge >= 0.3 is 5.97 Å². The van der Waals surface area contributed by atoms with Gasteiger partial charge in [-0.3, -0.25) is 4.79 Å². The second-order valence-corrected chi connectivity index (χ2v) is 6.10. The third kappa shape index (κ3) is 4.72. The molecule has 2 aromatic carbocycles. The number of carbonyl (C=O) groups is 2. The van der Waals surface area contributed by atoms with E-state index in [0.717, 1.165) is 0 Å². The summed E-state index contributed by atoms with van der Waals surface area (Å²) in [6, 6.07) is 7.71. The smallest absolute Gasteiger partial charge is 0.341 e. The zero-order chi connectivity index (χ0) is 19.3. The molecule has 0 saturated carbocycles. The summed E-state index contributed by atoms with van der Waals surface area (Å²) in [5.41, 5.74) is 0.295. The predicted octanol–water partition coefficient (Wildman–Crippen LogP) is 4.46. The van der Waals surface area contributed by atoms with Crippen molar-refractivity contribution in [1.82, 2.24) is 0 Å². The molecular weight excluding hydrogens is 405 g/mol. The monoisotopic (exact) mass is 417 g/mol. The van der Waals surface area contributed by atoms with Crippen LogP contribution in [0.2, 0.25) is 15.1 Å². The van der Waals surface area contributed by atoms with Crippen LogP contribution < -0.4 is 14.8 Å². The minimum absolute atomic E-state index is 0.0404. The Bertz CT molecular complexity index is 841. The number of amides is 1. The predicted molar refractivity (Wildman–Crippen MR) is 99.9 cm³/mol. The van der Waals surface area contributed by atoms with Gasteiger partial charge in [0, 0.05) is 6.07 Å². The van der Waals surface area contributed by atoms with Gasteiger partial charge in [0.2, 0.25) is 0 Å². The maximum Gasteiger partial charge on any atom is 0.341 e. The lowest BCUT2D eigenvalue weighted by Gasteiger charge is -2.12. The molecule has 0 radical (unpaired) electrons. The first-order chi connectivity index (χ1) is 12.4. The first-order valence-corrected chi connectivity index (χ1v) is 8.33. The maximum absolute atomic E-state index is 12.1. The van der Waals surface area contributed by atoms with Crippen LogP contribution in [0.5, 0.6) is 11.5 Å². The molecule has 2 rings (SSSR count). The molecule has 1 amide bonds. The lowest BCUT2D eigenvalue weighted by Crippen LogP contribution is -2.21. The van der Waals surface area contributed by atoms with Crippen LogP contribution in [0.4, 0.5) is 5.69 Å². The van der Waals surface area contributed by atoms with E-state index in [0.29, 0.717) is 17.2 Å². The average Bonchev–Trinajstić information content (AvgIpc) is 2.63. The van der Waals surface area contributed by atoms with Crippen molar-refractivity contribution in [2.75, 3.05) is 26.1 Å². The van der Waals surface area contributed by atoms with Gasteiger partial charge in [-0.05, 0) is 24.3 Å². The maximum atomic E-state index is 12.1. The van der Waals surface area contributed by atoms with Crippen LogP contribution in [0.3, 0.4) is 0 Å². The first-order valence-electron chi connectivity index (χ1n) is 7.20. The number of esters is 1. The number of nitrogens with one attached hydrogen (secondary N) is 1. The summed E-state index contributed by atoms with van der Waals surface area (Å²) in [6.07, 6.45) is 0. The molecule has 6 nitrogen and oxygen atoms in total. The highest BCUT2D eigenvalue weighted by Gasteiger charge is 2.20. The lowest BCUT2D eigenvalue weighted by molar-refractivity contribution is -0.119. The van der Waals surface area contributed by atoms with E-state index in [4.69, 9.17) is 49.0 Å². The van der Waals surface area contributed by atoms with Crippen molar-refractivity contribution in [3.05, 3.63) is 51.0 Å². The fourth-order valence-corrected chi connectivity index (χ4v) is 2.69. The Labute approximate surface area is 164 Å². The molecule has 0 aliphatic rings. The zero-order valence-electron chi connectivity index (χ0n) is 13.8. The van der Waals surface area contributed by atoms with E-state index in [-0.39, 0.29) is 20.6 Å². The molecule has 0 atom stereocenters. The minimum Gasteiger partial charge on any atom is -0.497 e. The number of halogens is 3. The van der Waals surface area contributed by atoms with Crippen LogP contribution in [0.25, 0.3) is 0 Å². The minimum atomic E-state index is -0.862. The quantitative estimate of drug-likeness (QED) is 0.554. The Kier molecular flexibility index (Phi) is 6.97. The third-order valence-corrected chi connectivity index (χ3v) is 4.38. The Morgan fingerprint density at radius 2 is 1.69 bits per heavy atom. The fourth-order valence-electron chi connectivity index (χ4n) is 2.01. The van der Waals surface area contributed by atoms with Crippen molar-refractivity contribution in [3.63, 3.8) is 0 Å². The molecular formula is C17H14Cl3NO5. The molecule has 0 heterocycles. The van der Waals surface area contributed by atoms with Crippen LogP contribution in [0.15, 0.2) is 30.3 Å². The third-order valence-electron chi connectivity index (χ3n) is 3.27. The summed E-state index contributed by atoms with van der Waals surface area (Å²) < 4.78 is 15.2. The van der Waals surface area contributed by atoms with E-state index in [1.54, 1.807) is 18.2 Å². The van der Waals surface area contributed by atoms with Gasteiger partial charge in [-0.25, -0.2) is 4.79 Å². The van der Waals surface area contributed by atoms with Crippen molar-refractivity contribution in [2.24, 2.45) is 0 Å². The second kappa shape index (κ2) is 8.98. The summed E-state index contributed by atoms with van der Waals surface area (Å²) in [5, 5.41) is 2.75. The Morgan fingerprint density at radius 1 is 1.00 bits per heavy atom. The van der Waals surface area contributed by atoms with Gasteiger partial charge in [0.15, 0.2) is 6.61 Å². The number of hydrogen-bond donors (Lipinski definition) is 1. The van der Waals surface area contributed by atoms with Crippen molar-refractivity contribution >= 4 is 52.4 Å². The van der Waals surface area contributed by atoms with Gasteiger partial charge in [-0.1, -0.05) is 34.8 Å².